The lowest BCUT2D eigenvalue weighted by atomic mass is 10.1. The van der Waals surface area contributed by atoms with Crippen LogP contribution in [-0.4, -0.2) is 35.4 Å². The number of aliphatic imine (C=N–C) groups is 1. The highest BCUT2D eigenvalue weighted by atomic mass is 32.1. The molecule has 126 valence electrons. The molecule has 1 atom stereocenters. The van der Waals surface area contributed by atoms with E-state index in [1.54, 1.807) is 11.3 Å². The summed E-state index contributed by atoms with van der Waals surface area (Å²) in [5.74, 6) is 0.855. The lowest BCUT2D eigenvalue weighted by Crippen LogP contribution is -2.43. The highest BCUT2D eigenvalue weighted by molar-refractivity contribution is 7.09. The SMILES string of the molecule is CN=C(NCCc1cccs1)NC(C)Cc1c(C)nn(C)c1C. The summed E-state index contributed by atoms with van der Waals surface area (Å²) in [5.41, 5.74) is 3.66. The summed E-state index contributed by atoms with van der Waals surface area (Å²) in [6.45, 7) is 7.26. The van der Waals surface area contributed by atoms with Gasteiger partial charge in [0, 0.05) is 37.3 Å². The van der Waals surface area contributed by atoms with Crippen LogP contribution in [0.4, 0.5) is 0 Å². The summed E-state index contributed by atoms with van der Waals surface area (Å²) >= 11 is 1.79. The summed E-state index contributed by atoms with van der Waals surface area (Å²) in [7, 11) is 3.81. The molecule has 0 radical (unpaired) electrons. The van der Waals surface area contributed by atoms with Crippen LogP contribution in [0.1, 0.15) is 28.8 Å². The second-order valence-electron chi connectivity index (χ2n) is 5.85. The lowest BCUT2D eigenvalue weighted by Gasteiger charge is -2.18. The van der Waals surface area contributed by atoms with Crippen molar-refractivity contribution in [3.05, 3.63) is 39.3 Å². The lowest BCUT2D eigenvalue weighted by molar-refractivity contribution is 0.635. The van der Waals surface area contributed by atoms with Gasteiger partial charge in [-0.2, -0.15) is 5.10 Å². The van der Waals surface area contributed by atoms with Gasteiger partial charge in [0.2, 0.25) is 0 Å². The molecule has 2 rings (SSSR count). The molecule has 2 N–H and O–H groups in total. The Morgan fingerprint density at radius 1 is 1.43 bits per heavy atom. The van der Waals surface area contributed by atoms with Crippen molar-refractivity contribution >= 4 is 17.3 Å². The number of guanidine groups is 1. The van der Waals surface area contributed by atoms with Gasteiger partial charge in [-0.25, -0.2) is 0 Å². The highest BCUT2D eigenvalue weighted by Crippen LogP contribution is 2.14. The van der Waals surface area contributed by atoms with E-state index in [1.807, 2.05) is 18.8 Å². The number of hydrogen-bond donors (Lipinski definition) is 2. The number of thiophene rings is 1. The number of aromatic nitrogens is 2. The summed E-state index contributed by atoms with van der Waals surface area (Å²) in [4.78, 5) is 5.71. The molecule has 0 saturated heterocycles. The molecule has 0 fully saturated rings. The Bertz CT molecular complexity index is 642. The van der Waals surface area contributed by atoms with E-state index >= 15 is 0 Å². The Morgan fingerprint density at radius 3 is 2.78 bits per heavy atom. The van der Waals surface area contributed by atoms with Gasteiger partial charge in [-0.15, -0.1) is 11.3 Å². The quantitative estimate of drug-likeness (QED) is 0.631. The zero-order valence-electron chi connectivity index (χ0n) is 14.7. The molecular weight excluding hydrogens is 306 g/mol. The Balaban J connectivity index is 1.83. The van der Waals surface area contributed by atoms with Crippen LogP contribution in [0.2, 0.25) is 0 Å². The third-order valence-electron chi connectivity index (χ3n) is 4.02. The molecule has 2 aromatic rings. The predicted molar refractivity (Wildman–Crippen MR) is 98.4 cm³/mol. The first kappa shape index (κ1) is 17.5. The number of aryl methyl sites for hydroxylation is 2. The molecule has 0 aliphatic carbocycles. The van der Waals surface area contributed by atoms with Crippen LogP contribution in [0.25, 0.3) is 0 Å². The zero-order chi connectivity index (χ0) is 16.8. The largest absolute Gasteiger partial charge is 0.356 e. The summed E-state index contributed by atoms with van der Waals surface area (Å²) < 4.78 is 1.95. The molecule has 0 amide bonds. The molecule has 6 heteroatoms. The van der Waals surface area contributed by atoms with Gasteiger partial charge >= 0.3 is 0 Å². The minimum Gasteiger partial charge on any atom is -0.356 e. The van der Waals surface area contributed by atoms with Crippen LogP contribution in [0.15, 0.2) is 22.5 Å². The van der Waals surface area contributed by atoms with Crippen LogP contribution in [0.5, 0.6) is 0 Å². The first-order chi connectivity index (χ1) is 11.0. The molecular formula is C17H27N5S. The van der Waals surface area contributed by atoms with Crippen LogP contribution >= 0.6 is 11.3 Å². The Hall–Kier alpha value is -1.82. The van der Waals surface area contributed by atoms with Crippen molar-refractivity contribution in [1.82, 2.24) is 20.4 Å². The monoisotopic (exact) mass is 333 g/mol. The smallest absolute Gasteiger partial charge is 0.191 e. The number of rotatable bonds is 6. The molecule has 2 heterocycles. The Kier molecular flexibility index (Phi) is 6.21. The normalized spacial score (nSPS) is 13.2. The van der Waals surface area contributed by atoms with E-state index in [4.69, 9.17) is 0 Å². The Labute approximate surface area is 142 Å². The fourth-order valence-corrected chi connectivity index (χ4v) is 3.37. The maximum Gasteiger partial charge on any atom is 0.191 e. The van der Waals surface area contributed by atoms with Gasteiger partial charge in [-0.3, -0.25) is 9.67 Å². The maximum absolute atomic E-state index is 4.49. The van der Waals surface area contributed by atoms with Crippen molar-refractivity contribution in [3.63, 3.8) is 0 Å². The average molecular weight is 334 g/mol. The van der Waals surface area contributed by atoms with E-state index in [9.17, 15) is 0 Å². The molecule has 5 nitrogen and oxygen atoms in total. The van der Waals surface area contributed by atoms with E-state index in [1.165, 1.54) is 16.1 Å². The fraction of sp³-hybridized carbons (Fsp3) is 0.529. The fourth-order valence-electron chi connectivity index (χ4n) is 2.66. The Morgan fingerprint density at radius 2 is 2.22 bits per heavy atom. The third-order valence-corrected chi connectivity index (χ3v) is 4.96. The first-order valence-electron chi connectivity index (χ1n) is 8.00. The van der Waals surface area contributed by atoms with E-state index in [0.717, 1.165) is 31.0 Å². The second-order valence-corrected chi connectivity index (χ2v) is 6.88. The molecule has 0 bridgehead atoms. The van der Waals surface area contributed by atoms with E-state index in [2.05, 4.69) is 59.0 Å². The molecule has 0 spiro atoms. The van der Waals surface area contributed by atoms with Crippen LogP contribution in [0.3, 0.4) is 0 Å². The van der Waals surface area contributed by atoms with E-state index in [0.29, 0.717) is 6.04 Å². The van der Waals surface area contributed by atoms with Crippen molar-refractivity contribution < 1.29 is 0 Å². The molecule has 0 aliphatic heterocycles. The van der Waals surface area contributed by atoms with Crippen molar-refractivity contribution in [2.75, 3.05) is 13.6 Å². The number of hydrogen-bond acceptors (Lipinski definition) is 3. The van der Waals surface area contributed by atoms with Gasteiger partial charge in [0.1, 0.15) is 0 Å². The molecule has 1 unspecified atom stereocenters. The van der Waals surface area contributed by atoms with Crippen molar-refractivity contribution in [3.8, 4) is 0 Å². The van der Waals surface area contributed by atoms with Gasteiger partial charge in [-0.05, 0) is 50.6 Å². The molecule has 0 aliphatic rings. The minimum absolute atomic E-state index is 0.296. The summed E-state index contributed by atoms with van der Waals surface area (Å²) in [5, 5.41) is 13.4. The molecule has 0 aromatic carbocycles. The van der Waals surface area contributed by atoms with E-state index < -0.39 is 0 Å². The number of nitrogens with zero attached hydrogens (tertiary/aromatic N) is 3. The van der Waals surface area contributed by atoms with Crippen LogP contribution in [0, 0.1) is 13.8 Å². The average Bonchev–Trinajstić information content (AvgIpc) is 3.11. The van der Waals surface area contributed by atoms with Gasteiger partial charge in [-0.1, -0.05) is 6.07 Å². The van der Waals surface area contributed by atoms with Crippen LogP contribution in [-0.2, 0) is 19.9 Å². The summed E-state index contributed by atoms with van der Waals surface area (Å²) in [6, 6.07) is 4.55. The van der Waals surface area contributed by atoms with Gasteiger partial charge in [0.05, 0.1) is 5.69 Å². The molecule has 0 saturated carbocycles. The zero-order valence-corrected chi connectivity index (χ0v) is 15.5. The predicted octanol–water partition coefficient (Wildman–Crippen LogP) is 2.44. The molecule has 2 aromatic heterocycles. The van der Waals surface area contributed by atoms with Crippen molar-refractivity contribution in [1.29, 1.82) is 0 Å². The van der Waals surface area contributed by atoms with Gasteiger partial charge < -0.3 is 10.6 Å². The summed E-state index contributed by atoms with van der Waals surface area (Å²) in [6.07, 6.45) is 1.96. The highest BCUT2D eigenvalue weighted by Gasteiger charge is 2.13. The van der Waals surface area contributed by atoms with Crippen molar-refractivity contribution in [2.24, 2.45) is 12.0 Å². The maximum atomic E-state index is 4.49. The van der Waals surface area contributed by atoms with Crippen molar-refractivity contribution in [2.45, 2.75) is 39.7 Å². The van der Waals surface area contributed by atoms with Crippen LogP contribution < -0.4 is 10.6 Å². The van der Waals surface area contributed by atoms with Gasteiger partial charge in [0.15, 0.2) is 5.96 Å². The first-order valence-corrected chi connectivity index (χ1v) is 8.88. The van der Waals surface area contributed by atoms with Gasteiger partial charge in [0.25, 0.3) is 0 Å². The molecule has 23 heavy (non-hydrogen) atoms. The number of nitrogens with one attached hydrogen (secondary N) is 2. The second kappa shape index (κ2) is 8.15. The topological polar surface area (TPSA) is 54.2 Å². The third kappa shape index (κ3) is 4.82. The minimum atomic E-state index is 0.296. The van der Waals surface area contributed by atoms with E-state index in [-0.39, 0.29) is 0 Å². The standard InChI is InChI=1S/C17H27N5S/c1-12(11-16-13(2)21-22(5)14(16)3)20-17(18-4)19-9-8-15-7-6-10-23-15/h6-7,10,12H,8-9,11H2,1-5H3,(H2,18,19,20).